The number of hydrogen-bond acceptors (Lipinski definition) is 6. The molecule has 0 saturated heterocycles. The first-order valence-corrected chi connectivity index (χ1v) is 10.4. The minimum Gasteiger partial charge on any atom is -0.496 e. The molecule has 0 saturated carbocycles. The molecule has 0 bridgehead atoms. The smallest absolute Gasteiger partial charge is 0.244 e. The maximum atomic E-state index is 9.82. The first-order valence-electron chi connectivity index (χ1n) is 8.51. The van der Waals surface area contributed by atoms with E-state index in [2.05, 4.69) is 58.8 Å². The molecule has 0 amide bonds. The molecule has 1 aliphatic rings. The summed E-state index contributed by atoms with van der Waals surface area (Å²) in [6.45, 7) is 4.15. The second kappa shape index (κ2) is 7.14. The summed E-state index contributed by atoms with van der Waals surface area (Å²) in [7, 11) is 1.64. The zero-order chi connectivity index (χ0) is 20.0. The SMILES string of the molecule is COc1ccc(C2C(C#N)=C(N)Oc3n[nH]c(-c4cc(C)sc4C)c32)cc1I. The van der Waals surface area contributed by atoms with Gasteiger partial charge in [-0.25, -0.2) is 0 Å². The van der Waals surface area contributed by atoms with Gasteiger partial charge in [0.2, 0.25) is 11.8 Å². The molecule has 1 aromatic carbocycles. The maximum Gasteiger partial charge on any atom is 0.244 e. The molecular weight excluding hydrogens is 487 g/mol. The molecule has 1 unspecified atom stereocenters. The number of benzene rings is 1. The molecule has 1 atom stereocenters. The third-order valence-corrected chi connectivity index (χ3v) is 6.57. The number of halogens is 1. The highest BCUT2D eigenvalue weighted by molar-refractivity contribution is 14.1. The summed E-state index contributed by atoms with van der Waals surface area (Å²) in [5, 5.41) is 17.3. The molecule has 0 radical (unpaired) electrons. The summed E-state index contributed by atoms with van der Waals surface area (Å²) < 4.78 is 12.0. The largest absolute Gasteiger partial charge is 0.496 e. The van der Waals surface area contributed by atoms with E-state index in [-0.39, 0.29) is 11.8 Å². The number of methoxy groups -OCH3 is 1. The van der Waals surface area contributed by atoms with Crippen molar-refractivity contribution in [1.82, 2.24) is 10.2 Å². The third kappa shape index (κ3) is 2.95. The van der Waals surface area contributed by atoms with Gasteiger partial charge in [-0.05, 0) is 60.2 Å². The quantitative estimate of drug-likeness (QED) is 0.509. The number of H-pyrrole nitrogens is 1. The number of aryl methyl sites for hydroxylation is 2. The van der Waals surface area contributed by atoms with Gasteiger partial charge in [0.05, 0.1) is 27.9 Å². The van der Waals surface area contributed by atoms with Crippen LogP contribution in [0.4, 0.5) is 0 Å². The number of nitrogens with zero attached hydrogens (tertiary/aromatic N) is 2. The molecular formula is C20H17IN4O2S. The van der Waals surface area contributed by atoms with Crippen LogP contribution in [0.2, 0.25) is 0 Å². The second-order valence-electron chi connectivity index (χ2n) is 6.46. The highest BCUT2D eigenvalue weighted by Gasteiger charge is 2.36. The fraction of sp³-hybridized carbons (Fsp3) is 0.200. The Balaban J connectivity index is 1.96. The Bertz CT molecular complexity index is 1160. The van der Waals surface area contributed by atoms with Gasteiger partial charge in [0.1, 0.15) is 17.4 Å². The lowest BCUT2D eigenvalue weighted by Gasteiger charge is -2.24. The van der Waals surface area contributed by atoms with Gasteiger partial charge in [0, 0.05) is 15.3 Å². The van der Waals surface area contributed by atoms with Crippen LogP contribution in [0.1, 0.15) is 26.8 Å². The Hall–Kier alpha value is -2.51. The molecule has 3 N–H and O–H groups in total. The molecule has 1 aliphatic heterocycles. The van der Waals surface area contributed by atoms with Crippen LogP contribution in [-0.2, 0) is 0 Å². The average molecular weight is 504 g/mol. The van der Waals surface area contributed by atoms with Crippen LogP contribution >= 0.6 is 33.9 Å². The van der Waals surface area contributed by atoms with E-state index >= 15 is 0 Å². The van der Waals surface area contributed by atoms with Crippen LogP contribution < -0.4 is 15.2 Å². The van der Waals surface area contributed by atoms with E-state index in [1.807, 2.05) is 18.2 Å². The van der Waals surface area contributed by atoms with Gasteiger partial charge < -0.3 is 15.2 Å². The van der Waals surface area contributed by atoms with Crippen molar-refractivity contribution in [2.24, 2.45) is 5.73 Å². The molecule has 2 aromatic heterocycles. The Morgan fingerprint density at radius 3 is 2.75 bits per heavy atom. The highest BCUT2D eigenvalue weighted by Crippen LogP contribution is 2.47. The summed E-state index contributed by atoms with van der Waals surface area (Å²) in [5.41, 5.74) is 10.1. The Morgan fingerprint density at radius 1 is 1.36 bits per heavy atom. The fourth-order valence-electron chi connectivity index (χ4n) is 3.52. The number of allylic oxidation sites excluding steroid dienone is 1. The van der Waals surface area contributed by atoms with Crippen molar-refractivity contribution in [2.45, 2.75) is 19.8 Å². The van der Waals surface area contributed by atoms with Crippen molar-refractivity contribution in [3.63, 3.8) is 0 Å². The average Bonchev–Trinajstić information content (AvgIpc) is 3.22. The van der Waals surface area contributed by atoms with Crippen molar-refractivity contribution >= 4 is 33.9 Å². The predicted molar refractivity (Wildman–Crippen MR) is 116 cm³/mol. The summed E-state index contributed by atoms with van der Waals surface area (Å²) in [6, 6.07) is 10.2. The summed E-state index contributed by atoms with van der Waals surface area (Å²) in [6.07, 6.45) is 0. The van der Waals surface area contributed by atoms with Crippen molar-refractivity contribution in [1.29, 1.82) is 5.26 Å². The van der Waals surface area contributed by atoms with E-state index < -0.39 is 0 Å². The monoisotopic (exact) mass is 504 g/mol. The number of rotatable bonds is 3. The first kappa shape index (κ1) is 18.8. The van der Waals surface area contributed by atoms with Crippen molar-refractivity contribution in [3.8, 4) is 29.0 Å². The van der Waals surface area contributed by atoms with Crippen molar-refractivity contribution in [2.75, 3.05) is 7.11 Å². The number of thiophene rings is 1. The summed E-state index contributed by atoms with van der Waals surface area (Å²) in [4.78, 5) is 2.38. The third-order valence-electron chi connectivity index (χ3n) is 4.76. The minimum absolute atomic E-state index is 0.0853. The van der Waals surface area contributed by atoms with Crippen LogP contribution in [0, 0.1) is 28.7 Å². The van der Waals surface area contributed by atoms with E-state index in [9.17, 15) is 5.26 Å². The minimum atomic E-state index is -0.374. The number of nitrogens with two attached hydrogens (primary N) is 1. The molecule has 0 spiro atoms. The number of ether oxygens (including phenoxy) is 2. The number of nitriles is 1. The first-order chi connectivity index (χ1) is 13.4. The van der Waals surface area contributed by atoms with Crippen molar-refractivity contribution < 1.29 is 9.47 Å². The van der Waals surface area contributed by atoms with Gasteiger partial charge in [-0.1, -0.05) is 6.07 Å². The molecule has 4 rings (SSSR count). The van der Waals surface area contributed by atoms with Gasteiger partial charge in [-0.2, -0.15) is 5.26 Å². The number of nitrogens with one attached hydrogen (secondary N) is 1. The van der Waals surface area contributed by atoms with Crippen LogP contribution in [0.3, 0.4) is 0 Å². The molecule has 0 aliphatic carbocycles. The molecule has 0 fully saturated rings. The Labute approximate surface area is 180 Å². The van der Waals surface area contributed by atoms with Crippen LogP contribution in [0.5, 0.6) is 11.6 Å². The van der Waals surface area contributed by atoms with Crippen LogP contribution in [0.15, 0.2) is 35.7 Å². The maximum absolute atomic E-state index is 9.82. The molecule has 6 nitrogen and oxygen atoms in total. The van der Waals surface area contributed by atoms with Crippen LogP contribution in [-0.4, -0.2) is 17.3 Å². The zero-order valence-corrected chi connectivity index (χ0v) is 18.4. The lowest BCUT2D eigenvalue weighted by Crippen LogP contribution is -2.21. The van der Waals surface area contributed by atoms with Gasteiger partial charge in [-0.3, -0.25) is 5.10 Å². The fourth-order valence-corrected chi connectivity index (χ4v) is 5.22. The number of hydrogen-bond donors (Lipinski definition) is 2. The molecule has 3 aromatic rings. The van der Waals surface area contributed by atoms with Gasteiger partial charge in [0.25, 0.3) is 0 Å². The predicted octanol–water partition coefficient (Wildman–Crippen LogP) is 4.59. The normalized spacial score (nSPS) is 15.8. The summed E-state index contributed by atoms with van der Waals surface area (Å²) >= 11 is 3.95. The second-order valence-corrected chi connectivity index (χ2v) is 9.09. The number of aromatic amines is 1. The lowest BCUT2D eigenvalue weighted by atomic mass is 9.83. The number of aromatic nitrogens is 2. The van der Waals surface area contributed by atoms with Crippen LogP contribution in [0.25, 0.3) is 11.3 Å². The lowest BCUT2D eigenvalue weighted by molar-refractivity contribution is 0.379. The van der Waals surface area contributed by atoms with Gasteiger partial charge >= 0.3 is 0 Å². The van der Waals surface area contributed by atoms with E-state index in [0.717, 1.165) is 31.7 Å². The Morgan fingerprint density at radius 2 is 2.14 bits per heavy atom. The summed E-state index contributed by atoms with van der Waals surface area (Å²) in [5.74, 6) is 0.901. The highest BCUT2D eigenvalue weighted by atomic mass is 127. The van der Waals surface area contributed by atoms with Gasteiger partial charge in [-0.15, -0.1) is 16.4 Å². The van der Waals surface area contributed by atoms with Gasteiger partial charge in [0.15, 0.2) is 0 Å². The van der Waals surface area contributed by atoms with Crippen molar-refractivity contribution in [3.05, 3.63) is 60.2 Å². The van der Waals surface area contributed by atoms with E-state index in [1.54, 1.807) is 18.4 Å². The standard InChI is InChI=1S/C20H17IN4O2S/c1-9-6-12(10(2)28-9)18-17-16(11-4-5-15(26-3)14(21)7-11)13(8-22)19(23)27-20(17)25-24-18/h4-7,16H,23H2,1-3H3,(H,24,25). The van der Waals surface area contributed by atoms with E-state index in [1.165, 1.54) is 9.75 Å². The number of fused-ring (bicyclic) bond motifs is 1. The molecule has 142 valence electrons. The Kier molecular flexibility index (Phi) is 4.81. The zero-order valence-electron chi connectivity index (χ0n) is 15.5. The topological polar surface area (TPSA) is 96.9 Å². The molecule has 8 heteroatoms. The van der Waals surface area contributed by atoms with E-state index in [4.69, 9.17) is 15.2 Å². The molecule has 3 heterocycles. The molecule has 28 heavy (non-hydrogen) atoms. The van der Waals surface area contributed by atoms with E-state index in [0.29, 0.717) is 11.5 Å².